The highest BCUT2D eigenvalue weighted by Crippen LogP contribution is 2.09. The molecule has 0 heterocycles. The van der Waals surface area contributed by atoms with Crippen LogP contribution in [0.1, 0.15) is 26.2 Å². The Bertz CT molecular complexity index is 205. The lowest BCUT2D eigenvalue weighted by Gasteiger charge is -2.07. The molecule has 1 aliphatic carbocycles. The lowest BCUT2D eigenvalue weighted by molar-refractivity contribution is -0.134. The van der Waals surface area contributed by atoms with E-state index in [4.69, 9.17) is 21.0 Å². The van der Waals surface area contributed by atoms with Crippen LogP contribution >= 0.6 is 0 Å². The van der Waals surface area contributed by atoms with Gasteiger partial charge in [0.25, 0.3) is 5.97 Å². The van der Waals surface area contributed by atoms with Crippen molar-refractivity contribution in [2.45, 2.75) is 26.2 Å². The minimum Gasteiger partial charge on any atom is -0.481 e. The first-order valence-corrected chi connectivity index (χ1v) is 3.75. The van der Waals surface area contributed by atoms with Crippen molar-refractivity contribution >= 4 is 11.7 Å². The average molecular weight is 170 g/mol. The second-order valence-corrected chi connectivity index (χ2v) is 2.62. The monoisotopic (exact) mass is 170 g/mol. The van der Waals surface area contributed by atoms with E-state index in [1.807, 2.05) is 0 Å². The van der Waals surface area contributed by atoms with Crippen LogP contribution in [0.3, 0.4) is 0 Å². The van der Waals surface area contributed by atoms with E-state index in [-0.39, 0.29) is 0 Å². The fourth-order valence-corrected chi connectivity index (χ4v) is 0.851. The Morgan fingerprint density at radius 3 is 2.42 bits per heavy atom. The lowest BCUT2D eigenvalue weighted by Crippen LogP contribution is -2.07. The predicted octanol–water partition coefficient (Wildman–Crippen LogP) is 1.12. The van der Waals surface area contributed by atoms with Gasteiger partial charge in [0.15, 0.2) is 0 Å². The third kappa shape index (κ3) is 6.80. The maximum absolute atomic E-state index is 9.00. The predicted molar refractivity (Wildman–Crippen MR) is 47.2 cm³/mol. The zero-order valence-electron chi connectivity index (χ0n) is 7.13. The molecule has 0 saturated heterocycles. The molecule has 1 rings (SSSR count). The van der Waals surface area contributed by atoms with E-state index in [1.54, 1.807) is 6.08 Å². The van der Waals surface area contributed by atoms with Gasteiger partial charge in [-0.05, 0) is 25.3 Å². The van der Waals surface area contributed by atoms with Gasteiger partial charge < -0.3 is 16.2 Å². The van der Waals surface area contributed by atoms with Crippen LogP contribution in [0.25, 0.3) is 0 Å². The van der Waals surface area contributed by atoms with E-state index >= 15 is 0 Å². The highest BCUT2D eigenvalue weighted by molar-refractivity contribution is 5.93. The maximum Gasteiger partial charge on any atom is 0.300 e. The zero-order valence-corrected chi connectivity index (χ0v) is 7.13. The van der Waals surface area contributed by atoms with E-state index in [0.717, 1.165) is 31.9 Å². The third-order valence-electron chi connectivity index (χ3n) is 1.27. The molecule has 0 atom stereocenters. The Labute approximate surface area is 71.6 Å². The summed E-state index contributed by atoms with van der Waals surface area (Å²) in [5.74, 6) is -0.833. The highest BCUT2D eigenvalue weighted by atomic mass is 16.4. The van der Waals surface area contributed by atoms with Gasteiger partial charge in [0.1, 0.15) is 0 Å². The molecule has 12 heavy (non-hydrogen) atoms. The van der Waals surface area contributed by atoms with Crippen molar-refractivity contribution in [3.05, 3.63) is 11.8 Å². The number of carbonyl (C=O) groups is 1. The second kappa shape index (κ2) is 5.35. The Hall–Kier alpha value is -1.32. The number of allylic oxidation sites excluding steroid dienone is 2. The molecule has 0 aromatic rings. The smallest absolute Gasteiger partial charge is 0.300 e. The van der Waals surface area contributed by atoms with Crippen LogP contribution in [-0.4, -0.2) is 16.8 Å². The van der Waals surface area contributed by atoms with Crippen LogP contribution in [-0.2, 0) is 4.79 Å². The van der Waals surface area contributed by atoms with E-state index in [0.29, 0.717) is 5.71 Å². The normalized spacial score (nSPS) is 15.8. The van der Waals surface area contributed by atoms with Crippen molar-refractivity contribution in [2.24, 2.45) is 5.73 Å². The summed E-state index contributed by atoms with van der Waals surface area (Å²) in [6, 6.07) is 0. The summed E-state index contributed by atoms with van der Waals surface area (Å²) in [4.78, 5) is 9.00. The fourth-order valence-electron chi connectivity index (χ4n) is 0.851. The van der Waals surface area contributed by atoms with Gasteiger partial charge in [0, 0.05) is 18.3 Å². The van der Waals surface area contributed by atoms with Crippen molar-refractivity contribution in [2.75, 3.05) is 0 Å². The second-order valence-electron chi connectivity index (χ2n) is 2.62. The van der Waals surface area contributed by atoms with Crippen LogP contribution in [0, 0.1) is 5.41 Å². The van der Waals surface area contributed by atoms with E-state index in [2.05, 4.69) is 0 Å². The summed E-state index contributed by atoms with van der Waals surface area (Å²) < 4.78 is 0. The van der Waals surface area contributed by atoms with Gasteiger partial charge in [-0.3, -0.25) is 4.79 Å². The Kier molecular flexibility index (Phi) is 4.76. The number of nitrogens with one attached hydrogen (secondary N) is 1. The Balaban J connectivity index is 0.000000261. The quantitative estimate of drug-likeness (QED) is 0.509. The van der Waals surface area contributed by atoms with Gasteiger partial charge in [-0.15, -0.1) is 0 Å². The van der Waals surface area contributed by atoms with Crippen molar-refractivity contribution in [3.63, 3.8) is 0 Å². The van der Waals surface area contributed by atoms with Crippen molar-refractivity contribution < 1.29 is 9.90 Å². The summed E-state index contributed by atoms with van der Waals surface area (Å²) in [5, 5.41) is 14.6. The molecule has 0 unspecified atom stereocenters. The minimum atomic E-state index is -0.833. The SMILES string of the molecule is CC(=O)O.N=C1C=C(N)CCC1. The van der Waals surface area contributed by atoms with Crippen molar-refractivity contribution in [3.8, 4) is 0 Å². The molecule has 68 valence electrons. The third-order valence-corrected chi connectivity index (χ3v) is 1.27. The number of aliphatic carboxylic acids is 1. The molecule has 0 aromatic heterocycles. The molecule has 0 bridgehead atoms. The summed E-state index contributed by atoms with van der Waals surface area (Å²) in [7, 11) is 0. The van der Waals surface area contributed by atoms with Gasteiger partial charge in [-0.25, -0.2) is 0 Å². The fraction of sp³-hybridized carbons (Fsp3) is 0.500. The van der Waals surface area contributed by atoms with Gasteiger partial charge in [0.05, 0.1) is 0 Å². The maximum atomic E-state index is 9.00. The molecule has 0 amide bonds. The summed E-state index contributed by atoms with van der Waals surface area (Å²) >= 11 is 0. The first-order valence-electron chi connectivity index (χ1n) is 3.75. The molecule has 0 fully saturated rings. The van der Waals surface area contributed by atoms with Crippen LogP contribution in [0.5, 0.6) is 0 Å². The van der Waals surface area contributed by atoms with Crippen molar-refractivity contribution in [1.82, 2.24) is 0 Å². The number of nitrogens with two attached hydrogens (primary N) is 1. The number of rotatable bonds is 0. The molecule has 4 heteroatoms. The molecule has 0 aliphatic heterocycles. The van der Waals surface area contributed by atoms with E-state index < -0.39 is 5.97 Å². The van der Waals surface area contributed by atoms with Crippen LogP contribution in [0.2, 0.25) is 0 Å². The first kappa shape index (κ1) is 10.7. The molecular formula is C8H14N2O2. The number of hydrogen-bond acceptors (Lipinski definition) is 3. The van der Waals surface area contributed by atoms with E-state index in [9.17, 15) is 0 Å². The van der Waals surface area contributed by atoms with Crippen molar-refractivity contribution in [1.29, 1.82) is 5.41 Å². The average Bonchev–Trinajstić information content (AvgIpc) is 1.84. The zero-order chi connectivity index (χ0) is 9.56. The molecule has 0 spiro atoms. The van der Waals surface area contributed by atoms with Gasteiger partial charge >= 0.3 is 0 Å². The Morgan fingerprint density at radius 2 is 2.17 bits per heavy atom. The largest absolute Gasteiger partial charge is 0.481 e. The first-order chi connectivity index (χ1) is 5.52. The van der Waals surface area contributed by atoms with E-state index in [1.165, 1.54) is 0 Å². The molecule has 4 nitrogen and oxygen atoms in total. The lowest BCUT2D eigenvalue weighted by atomic mass is 10.0. The molecule has 0 aromatic carbocycles. The van der Waals surface area contributed by atoms with Crippen LogP contribution in [0.4, 0.5) is 0 Å². The molecule has 4 N–H and O–H groups in total. The van der Waals surface area contributed by atoms with Crippen LogP contribution in [0.15, 0.2) is 11.8 Å². The van der Waals surface area contributed by atoms with Crippen LogP contribution < -0.4 is 5.73 Å². The number of carboxylic acids is 1. The van der Waals surface area contributed by atoms with Gasteiger partial charge in [0.2, 0.25) is 0 Å². The molecular weight excluding hydrogens is 156 g/mol. The molecule has 1 aliphatic rings. The van der Waals surface area contributed by atoms with Gasteiger partial charge in [-0.1, -0.05) is 0 Å². The highest BCUT2D eigenvalue weighted by Gasteiger charge is 2.01. The summed E-state index contributed by atoms with van der Waals surface area (Å²) in [6.07, 6.45) is 4.69. The number of hydrogen-bond donors (Lipinski definition) is 3. The number of carboxylic acid groups (broad SMARTS) is 1. The Morgan fingerprint density at radius 1 is 1.67 bits per heavy atom. The summed E-state index contributed by atoms with van der Waals surface area (Å²) in [6.45, 7) is 1.08. The molecule has 0 saturated carbocycles. The topological polar surface area (TPSA) is 87.2 Å². The standard InChI is InChI=1S/C6H10N2.C2H4O2/c7-5-2-1-3-6(8)4-5;1-2(3)4/h4,7H,1-3,8H2;1H3,(H,3,4). The van der Waals surface area contributed by atoms with Gasteiger partial charge in [-0.2, -0.15) is 0 Å². The minimum absolute atomic E-state index is 0.675. The summed E-state index contributed by atoms with van der Waals surface area (Å²) in [5.41, 5.74) is 6.98. The molecule has 0 radical (unpaired) electrons.